The first-order chi connectivity index (χ1) is 34.0. The van der Waals surface area contributed by atoms with Gasteiger partial charge in [0.1, 0.15) is 13.2 Å². The summed E-state index contributed by atoms with van der Waals surface area (Å²) in [5.74, 6) is -0.159. The zero-order chi connectivity index (χ0) is 51.3. The molecule has 70 heavy (non-hydrogen) atoms. The smallest absolute Gasteiger partial charge is 0.268 e. The summed E-state index contributed by atoms with van der Waals surface area (Å²) < 4.78 is 23.4. The summed E-state index contributed by atoms with van der Waals surface area (Å²) in [5, 5.41) is 14.0. The maximum Gasteiger partial charge on any atom is 0.268 e. The quantitative estimate of drug-likeness (QED) is 0.0272. The van der Waals surface area contributed by atoms with Crippen LogP contribution in [-0.2, 0) is 18.4 Å². The van der Waals surface area contributed by atoms with Gasteiger partial charge in [-0.1, -0.05) is 289 Å². The van der Waals surface area contributed by atoms with E-state index in [1.165, 1.54) is 257 Å². The van der Waals surface area contributed by atoms with Crippen molar-refractivity contribution in [2.45, 2.75) is 334 Å². The standard InChI is InChI=1S/C61H123N2O6P/c1-6-8-10-12-14-16-18-19-20-21-22-23-24-25-26-27-28-29-30-31-32-33-34-35-36-37-38-39-40-41-42-43-45-47-49-51-53-55-61(65)62-59(58-69-70(66,67)68-57-56-63(3,4)5)60(64)54-52-50-48-46-44-17-15-13-11-9-7-2/h21-22,59-60,64H,6-20,23-58H2,1-5H3,(H-,62,65,66,67)/b22-21-. The van der Waals surface area contributed by atoms with Crippen molar-refractivity contribution in [1.82, 2.24) is 5.32 Å². The highest BCUT2D eigenvalue weighted by Crippen LogP contribution is 2.38. The summed E-state index contributed by atoms with van der Waals surface area (Å²) >= 11 is 0. The van der Waals surface area contributed by atoms with Gasteiger partial charge >= 0.3 is 0 Å². The van der Waals surface area contributed by atoms with Gasteiger partial charge in [-0.2, -0.15) is 0 Å². The van der Waals surface area contributed by atoms with Crippen molar-refractivity contribution in [1.29, 1.82) is 0 Å². The van der Waals surface area contributed by atoms with E-state index in [1.807, 2.05) is 21.1 Å². The predicted octanol–water partition coefficient (Wildman–Crippen LogP) is 18.4. The largest absolute Gasteiger partial charge is 0.756 e. The number of hydrogen-bond donors (Lipinski definition) is 2. The Hall–Kier alpha value is -0.760. The fraction of sp³-hybridized carbons (Fsp3) is 0.951. The second-order valence-electron chi connectivity index (χ2n) is 22.8. The number of carbonyl (C=O) groups is 1. The van der Waals surface area contributed by atoms with Crippen molar-refractivity contribution in [3.63, 3.8) is 0 Å². The Balaban J connectivity index is 3.81. The molecule has 3 atom stereocenters. The molecule has 0 bridgehead atoms. The van der Waals surface area contributed by atoms with Gasteiger partial charge in [0.2, 0.25) is 5.91 Å². The van der Waals surface area contributed by atoms with Crippen molar-refractivity contribution in [2.24, 2.45) is 0 Å². The van der Waals surface area contributed by atoms with Crippen LogP contribution in [0.2, 0.25) is 0 Å². The summed E-state index contributed by atoms with van der Waals surface area (Å²) in [6, 6.07) is -0.795. The molecule has 418 valence electrons. The van der Waals surface area contributed by atoms with E-state index in [9.17, 15) is 19.4 Å². The number of quaternary nitrogens is 1. The highest BCUT2D eigenvalue weighted by Gasteiger charge is 2.24. The van der Waals surface area contributed by atoms with E-state index in [1.54, 1.807) is 0 Å². The lowest BCUT2D eigenvalue weighted by Gasteiger charge is -2.30. The number of aliphatic hydroxyl groups excluding tert-OH is 1. The lowest BCUT2D eigenvalue weighted by Crippen LogP contribution is -2.46. The van der Waals surface area contributed by atoms with Crippen LogP contribution < -0.4 is 10.2 Å². The molecule has 0 heterocycles. The zero-order valence-electron chi connectivity index (χ0n) is 47.8. The molecule has 2 N–H and O–H groups in total. The molecule has 1 amide bonds. The molecule has 8 nitrogen and oxygen atoms in total. The molecule has 0 aliphatic rings. The van der Waals surface area contributed by atoms with Gasteiger partial charge in [-0.05, 0) is 38.5 Å². The minimum absolute atomic E-state index is 0.0155. The number of phosphoric acid groups is 1. The van der Waals surface area contributed by atoms with Crippen molar-refractivity contribution in [3.8, 4) is 0 Å². The van der Waals surface area contributed by atoms with Gasteiger partial charge in [-0.15, -0.1) is 0 Å². The number of aliphatic hydroxyl groups is 1. The van der Waals surface area contributed by atoms with E-state index < -0.39 is 20.0 Å². The predicted molar refractivity (Wildman–Crippen MR) is 302 cm³/mol. The topological polar surface area (TPSA) is 108 Å². The Morgan fingerprint density at radius 2 is 0.786 bits per heavy atom. The van der Waals surface area contributed by atoms with Crippen molar-refractivity contribution < 1.29 is 32.9 Å². The van der Waals surface area contributed by atoms with Crippen molar-refractivity contribution in [2.75, 3.05) is 40.9 Å². The number of nitrogens with zero attached hydrogens (tertiary/aromatic N) is 1. The maximum absolute atomic E-state index is 12.9. The average Bonchev–Trinajstić information content (AvgIpc) is 3.32. The summed E-state index contributed by atoms with van der Waals surface area (Å²) in [7, 11) is 1.32. The van der Waals surface area contributed by atoms with E-state index in [0.717, 1.165) is 38.5 Å². The summed E-state index contributed by atoms with van der Waals surface area (Å²) in [6.45, 7) is 4.75. The third kappa shape index (κ3) is 55.0. The molecule has 0 aliphatic heterocycles. The van der Waals surface area contributed by atoms with Gasteiger partial charge < -0.3 is 28.8 Å². The molecular weight excluding hydrogens is 888 g/mol. The highest BCUT2D eigenvalue weighted by atomic mass is 31.2. The zero-order valence-corrected chi connectivity index (χ0v) is 48.6. The Labute approximate surface area is 437 Å². The molecule has 0 aromatic carbocycles. The van der Waals surface area contributed by atoms with Crippen LogP contribution >= 0.6 is 7.82 Å². The summed E-state index contributed by atoms with van der Waals surface area (Å²) in [5.41, 5.74) is 0. The number of amides is 1. The van der Waals surface area contributed by atoms with Crippen LogP contribution in [0.15, 0.2) is 12.2 Å². The van der Waals surface area contributed by atoms with E-state index in [0.29, 0.717) is 23.9 Å². The molecule has 0 spiro atoms. The fourth-order valence-electron chi connectivity index (χ4n) is 9.63. The van der Waals surface area contributed by atoms with Crippen molar-refractivity contribution >= 4 is 13.7 Å². The Kier molecular flexibility index (Phi) is 52.5. The minimum Gasteiger partial charge on any atom is -0.756 e. The highest BCUT2D eigenvalue weighted by molar-refractivity contribution is 7.45. The number of rotatable bonds is 58. The number of hydrogen-bond acceptors (Lipinski definition) is 6. The van der Waals surface area contributed by atoms with Gasteiger partial charge in [0.05, 0.1) is 39.9 Å². The van der Waals surface area contributed by atoms with Gasteiger partial charge in [-0.25, -0.2) is 0 Å². The molecule has 0 saturated heterocycles. The second kappa shape index (κ2) is 53.1. The fourth-order valence-corrected chi connectivity index (χ4v) is 10.4. The minimum atomic E-state index is -4.56. The monoisotopic (exact) mass is 1010 g/mol. The van der Waals surface area contributed by atoms with E-state index in [4.69, 9.17) is 9.05 Å². The Morgan fingerprint density at radius 3 is 1.11 bits per heavy atom. The van der Waals surface area contributed by atoms with Gasteiger partial charge in [0, 0.05) is 6.42 Å². The van der Waals surface area contributed by atoms with Crippen LogP contribution in [0.1, 0.15) is 322 Å². The van der Waals surface area contributed by atoms with E-state index in [-0.39, 0.29) is 19.1 Å². The number of carbonyl (C=O) groups excluding carboxylic acids is 1. The normalized spacial score (nSPS) is 13.9. The third-order valence-corrected chi connectivity index (χ3v) is 15.5. The maximum atomic E-state index is 12.9. The van der Waals surface area contributed by atoms with Gasteiger partial charge in [0.15, 0.2) is 0 Å². The molecule has 0 rings (SSSR count). The number of nitrogens with one attached hydrogen (secondary N) is 1. The lowest BCUT2D eigenvalue weighted by atomic mass is 10.0. The number of allylic oxidation sites excluding steroid dienone is 2. The van der Waals surface area contributed by atoms with E-state index in [2.05, 4.69) is 31.3 Å². The van der Waals surface area contributed by atoms with Crippen LogP contribution in [0.25, 0.3) is 0 Å². The van der Waals surface area contributed by atoms with Crippen molar-refractivity contribution in [3.05, 3.63) is 12.2 Å². The molecule has 0 fully saturated rings. The number of phosphoric ester groups is 1. The molecule has 0 saturated carbocycles. The summed E-state index contributed by atoms with van der Waals surface area (Å²) in [6.07, 6.45) is 65.8. The van der Waals surface area contributed by atoms with Crippen LogP contribution in [0.4, 0.5) is 0 Å². The Bertz CT molecular complexity index is 1150. The van der Waals surface area contributed by atoms with Gasteiger partial charge in [0.25, 0.3) is 7.82 Å². The Morgan fingerprint density at radius 1 is 0.486 bits per heavy atom. The molecule has 9 heteroatoms. The molecule has 0 aromatic heterocycles. The summed E-state index contributed by atoms with van der Waals surface area (Å²) in [4.78, 5) is 25.5. The first-order valence-electron chi connectivity index (χ1n) is 31.0. The van der Waals surface area contributed by atoms with Crippen LogP contribution in [0, 0.1) is 0 Å². The van der Waals surface area contributed by atoms with E-state index >= 15 is 0 Å². The molecular formula is C61H123N2O6P. The number of likely N-dealkylation sites (N-methyl/N-ethyl adjacent to an activating group) is 1. The molecule has 0 radical (unpaired) electrons. The van der Waals surface area contributed by atoms with Crippen LogP contribution in [0.3, 0.4) is 0 Å². The van der Waals surface area contributed by atoms with Crippen LogP contribution in [-0.4, -0.2) is 68.5 Å². The van der Waals surface area contributed by atoms with Crippen LogP contribution in [0.5, 0.6) is 0 Å². The number of unbranched alkanes of at least 4 members (excludes halogenated alkanes) is 43. The average molecular weight is 1010 g/mol. The lowest BCUT2D eigenvalue weighted by molar-refractivity contribution is -0.870. The third-order valence-electron chi connectivity index (χ3n) is 14.5. The first-order valence-corrected chi connectivity index (χ1v) is 32.5. The first kappa shape index (κ1) is 69.2. The molecule has 0 aromatic rings. The molecule has 3 unspecified atom stereocenters. The second-order valence-corrected chi connectivity index (χ2v) is 24.2. The SMILES string of the molecule is CCCCCCCCCC/C=C\CCCCCCCCCCCCCCCCCCCCCCCCCCCC(=O)NC(COP(=O)([O-])OCC[N+](C)(C)C)C(O)CCCCCCCCCCCCC. The molecule has 0 aliphatic carbocycles. The van der Waals surface area contributed by atoms with Gasteiger partial charge in [-0.3, -0.25) is 9.36 Å².